The summed E-state index contributed by atoms with van der Waals surface area (Å²) in [6.07, 6.45) is -0.142. The van der Waals surface area contributed by atoms with Gasteiger partial charge in [0.15, 0.2) is 0 Å². The smallest absolute Gasteiger partial charge is 0.307 e. The van der Waals surface area contributed by atoms with Crippen LogP contribution < -0.4 is 0 Å². The molecule has 1 aromatic rings. The number of aliphatic carboxylic acids is 1. The van der Waals surface area contributed by atoms with Gasteiger partial charge >= 0.3 is 5.97 Å². The van der Waals surface area contributed by atoms with E-state index in [1.807, 2.05) is 13.0 Å². The van der Waals surface area contributed by atoms with Gasteiger partial charge in [0, 0.05) is 4.90 Å². The second-order valence-electron chi connectivity index (χ2n) is 2.98. The number of carboxylic acids is 1. The highest BCUT2D eigenvalue weighted by molar-refractivity contribution is 7.80. The molecule has 0 unspecified atom stereocenters. The van der Waals surface area contributed by atoms with Crippen molar-refractivity contribution in [3.63, 3.8) is 0 Å². The average Bonchev–Trinajstić information content (AvgIpc) is 2.10. The molecule has 1 aromatic carbocycles. The van der Waals surface area contributed by atoms with Gasteiger partial charge < -0.3 is 5.11 Å². The molecule has 0 atom stereocenters. The number of nitrogens with zero attached hydrogens (tertiary/aromatic N) is 1. The number of hydrogen-bond donors (Lipinski definition) is 2. The maximum absolute atomic E-state index is 10.5. The van der Waals surface area contributed by atoms with Crippen LogP contribution in [0.2, 0.25) is 0 Å². The molecule has 0 aliphatic heterocycles. The number of carboxylic acid groups (broad SMARTS) is 1. The zero-order valence-corrected chi connectivity index (χ0v) is 8.51. The average molecular weight is 207 g/mol. The van der Waals surface area contributed by atoms with Crippen LogP contribution in [-0.2, 0) is 11.2 Å². The quantitative estimate of drug-likeness (QED) is 0.727. The molecule has 14 heavy (non-hydrogen) atoms. The van der Waals surface area contributed by atoms with E-state index in [2.05, 4.69) is 12.6 Å². The molecule has 0 saturated carbocycles. The first-order valence-corrected chi connectivity index (χ1v) is 4.43. The topological polar surface area (TPSA) is 61.1 Å². The summed E-state index contributed by atoms with van der Waals surface area (Å²) in [6.45, 7) is 1.83. The Hall–Kier alpha value is -1.47. The first-order chi connectivity index (χ1) is 6.54. The van der Waals surface area contributed by atoms with Gasteiger partial charge in [-0.1, -0.05) is 0 Å². The minimum absolute atomic E-state index is 0.142. The fourth-order valence-corrected chi connectivity index (χ4v) is 1.37. The third-order valence-corrected chi connectivity index (χ3v) is 2.37. The molecule has 0 fully saturated rings. The van der Waals surface area contributed by atoms with Crippen molar-refractivity contribution in [2.75, 3.05) is 0 Å². The van der Waals surface area contributed by atoms with Crippen LogP contribution >= 0.6 is 12.6 Å². The Bertz CT molecular complexity index is 421. The molecule has 0 radical (unpaired) electrons. The Morgan fingerprint density at radius 1 is 1.64 bits per heavy atom. The minimum atomic E-state index is -0.946. The van der Waals surface area contributed by atoms with Gasteiger partial charge in [-0.15, -0.1) is 12.6 Å². The molecular formula is C10H9NO2S. The highest BCUT2D eigenvalue weighted by Crippen LogP contribution is 2.19. The van der Waals surface area contributed by atoms with Gasteiger partial charge in [-0.25, -0.2) is 0 Å². The summed E-state index contributed by atoms with van der Waals surface area (Å²) >= 11 is 4.17. The fourth-order valence-electron chi connectivity index (χ4n) is 1.15. The van der Waals surface area contributed by atoms with Crippen LogP contribution in [0.4, 0.5) is 0 Å². The Labute approximate surface area is 87.4 Å². The molecule has 0 aromatic heterocycles. The van der Waals surface area contributed by atoms with Crippen LogP contribution in [0.3, 0.4) is 0 Å². The predicted molar refractivity (Wildman–Crippen MR) is 54.5 cm³/mol. The zero-order valence-electron chi connectivity index (χ0n) is 7.61. The molecule has 72 valence electrons. The number of hydrogen-bond acceptors (Lipinski definition) is 3. The van der Waals surface area contributed by atoms with E-state index >= 15 is 0 Å². The lowest BCUT2D eigenvalue weighted by Crippen LogP contribution is -2.02. The number of rotatable bonds is 2. The van der Waals surface area contributed by atoms with Crippen molar-refractivity contribution in [3.05, 3.63) is 28.8 Å². The van der Waals surface area contributed by atoms with E-state index in [-0.39, 0.29) is 6.42 Å². The van der Waals surface area contributed by atoms with Crippen LogP contribution in [0.15, 0.2) is 17.0 Å². The molecule has 3 nitrogen and oxygen atoms in total. The maximum Gasteiger partial charge on any atom is 0.307 e. The van der Waals surface area contributed by atoms with Gasteiger partial charge in [0.1, 0.15) is 0 Å². The summed E-state index contributed by atoms with van der Waals surface area (Å²) in [7, 11) is 0. The Morgan fingerprint density at radius 2 is 2.29 bits per heavy atom. The van der Waals surface area contributed by atoms with Crippen molar-refractivity contribution < 1.29 is 9.90 Å². The molecule has 1 rings (SSSR count). The fraction of sp³-hybridized carbons (Fsp3) is 0.200. The molecule has 1 N–H and O–H groups in total. The second-order valence-corrected chi connectivity index (χ2v) is 3.46. The second kappa shape index (κ2) is 4.16. The molecule has 0 spiro atoms. The number of aryl methyl sites for hydroxylation is 1. The monoisotopic (exact) mass is 207 g/mol. The summed E-state index contributed by atoms with van der Waals surface area (Å²) in [4.78, 5) is 11.2. The van der Waals surface area contributed by atoms with Crippen molar-refractivity contribution in [3.8, 4) is 6.07 Å². The molecule has 0 saturated heterocycles. The lowest BCUT2D eigenvalue weighted by Gasteiger charge is -2.04. The Kier molecular flexibility index (Phi) is 3.15. The van der Waals surface area contributed by atoms with E-state index in [0.29, 0.717) is 16.0 Å². The lowest BCUT2D eigenvalue weighted by atomic mass is 10.0. The third kappa shape index (κ3) is 2.27. The summed E-state index contributed by atoms with van der Waals surface area (Å²) in [5, 5.41) is 17.4. The van der Waals surface area contributed by atoms with Gasteiger partial charge in [-0.2, -0.15) is 5.26 Å². The highest BCUT2D eigenvalue weighted by Gasteiger charge is 2.08. The van der Waals surface area contributed by atoms with Crippen molar-refractivity contribution in [2.45, 2.75) is 18.2 Å². The zero-order chi connectivity index (χ0) is 10.7. The lowest BCUT2D eigenvalue weighted by molar-refractivity contribution is -0.136. The van der Waals surface area contributed by atoms with Crippen LogP contribution in [0.5, 0.6) is 0 Å². The van der Waals surface area contributed by atoms with E-state index in [4.69, 9.17) is 10.4 Å². The van der Waals surface area contributed by atoms with Gasteiger partial charge in [-0.3, -0.25) is 4.79 Å². The van der Waals surface area contributed by atoms with Crippen LogP contribution in [0.25, 0.3) is 0 Å². The predicted octanol–water partition coefficient (Wildman–Crippen LogP) is 1.78. The highest BCUT2D eigenvalue weighted by atomic mass is 32.1. The van der Waals surface area contributed by atoms with Gasteiger partial charge in [0.05, 0.1) is 18.1 Å². The van der Waals surface area contributed by atoms with Gasteiger partial charge in [0.2, 0.25) is 0 Å². The molecule has 4 heteroatoms. The van der Waals surface area contributed by atoms with E-state index in [9.17, 15) is 4.79 Å². The van der Waals surface area contributed by atoms with Crippen molar-refractivity contribution in [1.82, 2.24) is 0 Å². The summed E-state index contributed by atoms with van der Waals surface area (Å²) in [5.41, 5.74) is 1.79. The Balaban J connectivity index is 3.22. The molecule has 0 amide bonds. The van der Waals surface area contributed by atoms with E-state index in [1.165, 1.54) is 0 Å². The third-order valence-electron chi connectivity index (χ3n) is 1.88. The van der Waals surface area contributed by atoms with Gasteiger partial charge in [0.25, 0.3) is 0 Å². The van der Waals surface area contributed by atoms with Crippen molar-refractivity contribution >= 4 is 18.6 Å². The van der Waals surface area contributed by atoms with Crippen molar-refractivity contribution in [1.29, 1.82) is 5.26 Å². The molecule has 0 bridgehead atoms. The minimum Gasteiger partial charge on any atom is -0.481 e. The molecule has 0 aliphatic carbocycles. The maximum atomic E-state index is 10.5. The number of thiol groups is 1. The number of carbonyl (C=O) groups is 1. The molecule has 0 heterocycles. The van der Waals surface area contributed by atoms with Crippen LogP contribution in [0, 0.1) is 18.3 Å². The van der Waals surface area contributed by atoms with E-state index < -0.39 is 5.97 Å². The Morgan fingerprint density at radius 3 is 2.79 bits per heavy atom. The normalized spacial score (nSPS) is 9.50. The molecular weight excluding hydrogens is 198 g/mol. The van der Waals surface area contributed by atoms with Crippen molar-refractivity contribution in [2.24, 2.45) is 0 Å². The van der Waals surface area contributed by atoms with E-state index in [1.54, 1.807) is 12.1 Å². The first kappa shape index (κ1) is 10.6. The summed E-state index contributed by atoms with van der Waals surface area (Å²) in [6, 6.07) is 5.26. The largest absolute Gasteiger partial charge is 0.481 e. The molecule has 0 aliphatic rings. The first-order valence-electron chi connectivity index (χ1n) is 3.99. The van der Waals surface area contributed by atoms with Crippen LogP contribution in [-0.4, -0.2) is 11.1 Å². The SMILES string of the molecule is Cc1cc(C#N)c(CC(=O)O)cc1S. The van der Waals surface area contributed by atoms with Gasteiger partial charge in [-0.05, 0) is 30.2 Å². The van der Waals surface area contributed by atoms with E-state index in [0.717, 1.165) is 5.56 Å². The summed E-state index contributed by atoms with van der Waals surface area (Å²) in [5.74, 6) is -0.946. The summed E-state index contributed by atoms with van der Waals surface area (Å²) < 4.78 is 0. The van der Waals surface area contributed by atoms with Crippen LogP contribution in [0.1, 0.15) is 16.7 Å². The number of nitriles is 1. The number of benzene rings is 1. The standard InChI is InChI=1S/C10H9NO2S/c1-6-2-8(5-11)7(3-9(6)14)4-10(12)13/h2-3,14H,4H2,1H3,(H,12,13).